The van der Waals surface area contributed by atoms with Gasteiger partial charge in [-0.05, 0) is 50.2 Å². The van der Waals surface area contributed by atoms with Gasteiger partial charge in [0.1, 0.15) is 0 Å². The zero-order valence-electron chi connectivity index (χ0n) is 16.8. The van der Waals surface area contributed by atoms with Crippen molar-refractivity contribution in [2.45, 2.75) is 37.2 Å². The molecule has 1 aromatic carbocycles. The van der Waals surface area contributed by atoms with Crippen molar-refractivity contribution in [3.8, 4) is 0 Å². The number of aliphatic hydroxyl groups excluding tert-OH is 1. The van der Waals surface area contributed by atoms with Crippen LogP contribution in [0.5, 0.6) is 0 Å². The molecule has 158 valence electrons. The minimum absolute atomic E-state index is 0. The molecule has 2 unspecified atom stereocenters. The first-order valence-electron chi connectivity index (χ1n) is 10.2. The Morgan fingerprint density at radius 3 is 2.79 bits per heavy atom. The minimum atomic E-state index is -0.524. The monoisotopic (exact) mass is 519 g/mol. The highest BCUT2D eigenvalue weighted by molar-refractivity contribution is 14.0. The first kappa shape index (κ1) is 23.8. The lowest BCUT2D eigenvalue weighted by atomic mass is 10.2. The van der Waals surface area contributed by atoms with E-state index in [4.69, 9.17) is 4.74 Å². The first-order valence-corrected chi connectivity index (χ1v) is 11.2. The zero-order chi connectivity index (χ0) is 18.9. The Hall–Kier alpha value is -0.510. The van der Waals surface area contributed by atoms with E-state index in [0.29, 0.717) is 19.1 Å². The molecule has 1 aromatic rings. The van der Waals surface area contributed by atoms with Gasteiger partial charge in [-0.25, -0.2) is 0 Å². The van der Waals surface area contributed by atoms with Crippen LogP contribution in [-0.4, -0.2) is 67.2 Å². The average Bonchev–Trinajstić information content (AvgIpc) is 3.39. The van der Waals surface area contributed by atoms with Gasteiger partial charge in [0.05, 0.1) is 19.3 Å². The highest BCUT2D eigenvalue weighted by Gasteiger charge is 2.25. The summed E-state index contributed by atoms with van der Waals surface area (Å²) in [5.74, 6) is 3.46. The van der Waals surface area contributed by atoms with Gasteiger partial charge >= 0.3 is 0 Å². The van der Waals surface area contributed by atoms with Gasteiger partial charge in [-0.3, -0.25) is 4.99 Å². The number of thioether (sulfide) groups is 1. The molecule has 1 heterocycles. The third-order valence-electron chi connectivity index (χ3n) is 4.96. The SMILES string of the molecule is CCNC(=NCC(O)COCC1CC1)N1CCC(CSc2ccccc2)C1.I. The number of hydrogen-bond acceptors (Lipinski definition) is 4. The number of halogens is 1. The van der Waals surface area contributed by atoms with Gasteiger partial charge in [0.25, 0.3) is 0 Å². The van der Waals surface area contributed by atoms with Crippen LogP contribution >= 0.6 is 35.7 Å². The molecule has 0 aromatic heterocycles. The molecule has 1 saturated heterocycles. The third kappa shape index (κ3) is 8.47. The van der Waals surface area contributed by atoms with E-state index in [9.17, 15) is 5.11 Å². The van der Waals surface area contributed by atoms with Crippen LogP contribution in [0.2, 0.25) is 0 Å². The second-order valence-electron chi connectivity index (χ2n) is 7.55. The van der Waals surface area contributed by atoms with E-state index in [1.807, 2.05) is 11.8 Å². The number of ether oxygens (including phenoxy) is 1. The standard InChI is InChI=1S/C21H33N3O2S.HI/c1-2-22-21(23-12-19(25)15-26-14-17-8-9-17)24-11-10-18(13-24)16-27-20-6-4-3-5-7-20;/h3-7,17-19,25H,2,8-16H2,1H3,(H,22,23);1H. The Morgan fingerprint density at radius 1 is 1.29 bits per heavy atom. The van der Waals surface area contributed by atoms with Gasteiger partial charge in [0, 0.05) is 36.9 Å². The van der Waals surface area contributed by atoms with Crippen LogP contribution in [0.15, 0.2) is 40.2 Å². The maximum Gasteiger partial charge on any atom is 0.194 e. The summed E-state index contributed by atoms with van der Waals surface area (Å²) in [6.07, 6.45) is 3.22. The average molecular weight is 519 g/mol. The largest absolute Gasteiger partial charge is 0.389 e. The molecule has 0 amide bonds. The van der Waals surface area contributed by atoms with Crippen molar-refractivity contribution >= 4 is 41.7 Å². The van der Waals surface area contributed by atoms with Crippen LogP contribution in [0.4, 0.5) is 0 Å². The fourth-order valence-corrected chi connectivity index (χ4v) is 4.27. The van der Waals surface area contributed by atoms with Gasteiger partial charge in [-0.1, -0.05) is 18.2 Å². The molecule has 1 aliphatic carbocycles. The van der Waals surface area contributed by atoms with E-state index in [1.165, 1.54) is 24.2 Å². The van der Waals surface area contributed by atoms with Crippen LogP contribution in [0.1, 0.15) is 26.2 Å². The Labute approximate surface area is 190 Å². The molecule has 0 bridgehead atoms. The summed E-state index contributed by atoms with van der Waals surface area (Å²) >= 11 is 1.94. The van der Waals surface area contributed by atoms with Crippen molar-refractivity contribution in [3.05, 3.63) is 30.3 Å². The Morgan fingerprint density at radius 2 is 2.07 bits per heavy atom. The Kier molecular flexibility index (Phi) is 11.0. The molecule has 0 radical (unpaired) electrons. The topological polar surface area (TPSA) is 57.1 Å². The van der Waals surface area contributed by atoms with Crippen LogP contribution in [0, 0.1) is 11.8 Å². The van der Waals surface area contributed by atoms with E-state index in [1.54, 1.807) is 0 Å². The van der Waals surface area contributed by atoms with Crippen molar-refractivity contribution in [1.29, 1.82) is 0 Å². The quantitative estimate of drug-likeness (QED) is 0.215. The van der Waals surface area contributed by atoms with Crippen LogP contribution < -0.4 is 5.32 Å². The molecule has 0 spiro atoms. The highest BCUT2D eigenvalue weighted by Crippen LogP contribution is 2.28. The maximum atomic E-state index is 10.1. The molecule has 1 saturated carbocycles. The lowest BCUT2D eigenvalue weighted by molar-refractivity contribution is 0.0367. The minimum Gasteiger partial charge on any atom is -0.389 e. The van der Waals surface area contributed by atoms with Gasteiger partial charge in [0.15, 0.2) is 5.96 Å². The van der Waals surface area contributed by atoms with E-state index in [0.717, 1.165) is 43.9 Å². The van der Waals surface area contributed by atoms with E-state index < -0.39 is 6.10 Å². The van der Waals surface area contributed by atoms with Gasteiger partial charge in [-0.2, -0.15) is 0 Å². The molecule has 3 rings (SSSR count). The normalized spacial score (nSPS) is 20.7. The zero-order valence-corrected chi connectivity index (χ0v) is 19.9. The smallest absolute Gasteiger partial charge is 0.194 e. The fraction of sp³-hybridized carbons (Fsp3) is 0.667. The lowest BCUT2D eigenvalue weighted by Gasteiger charge is -2.22. The summed E-state index contributed by atoms with van der Waals surface area (Å²) < 4.78 is 5.57. The predicted molar refractivity (Wildman–Crippen MR) is 128 cm³/mol. The number of nitrogens with zero attached hydrogens (tertiary/aromatic N) is 2. The Bertz CT molecular complexity index is 586. The summed E-state index contributed by atoms with van der Waals surface area (Å²) in [5.41, 5.74) is 0. The van der Waals surface area contributed by atoms with Gasteiger partial charge in [-0.15, -0.1) is 35.7 Å². The molecular weight excluding hydrogens is 485 g/mol. The first-order chi connectivity index (χ1) is 13.2. The predicted octanol–water partition coefficient (Wildman–Crippen LogP) is 3.47. The molecule has 2 N–H and O–H groups in total. The third-order valence-corrected chi connectivity index (χ3v) is 6.21. The maximum absolute atomic E-state index is 10.1. The van der Waals surface area contributed by atoms with Crippen molar-refractivity contribution in [3.63, 3.8) is 0 Å². The molecule has 1 aliphatic heterocycles. The van der Waals surface area contributed by atoms with Gasteiger partial charge < -0.3 is 20.1 Å². The molecule has 2 atom stereocenters. The number of nitrogens with one attached hydrogen (secondary N) is 1. The van der Waals surface area contributed by atoms with Crippen molar-refractivity contribution in [1.82, 2.24) is 10.2 Å². The number of benzene rings is 1. The molecule has 2 fully saturated rings. The van der Waals surface area contributed by atoms with Crippen LogP contribution in [0.25, 0.3) is 0 Å². The van der Waals surface area contributed by atoms with E-state index in [2.05, 4.69) is 52.5 Å². The Balaban J connectivity index is 0.00000280. The summed E-state index contributed by atoms with van der Waals surface area (Å²) in [4.78, 5) is 8.33. The molecular formula is C21H34IN3O2S. The lowest BCUT2D eigenvalue weighted by Crippen LogP contribution is -2.41. The number of hydrogen-bond donors (Lipinski definition) is 2. The molecule has 5 nitrogen and oxygen atoms in total. The van der Waals surface area contributed by atoms with Crippen LogP contribution in [-0.2, 0) is 4.74 Å². The van der Waals surface area contributed by atoms with E-state index >= 15 is 0 Å². The summed E-state index contributed by atoms with van der Waals surface area (Å²) in [6.45, 7) is 6.55. The number of rotatable bonds is 10. The molecule has 28 heavy (non-hydrogen) atoms. The number of aliphatic hydroxyl groups is 1. The van der Waals surface area contributed by atoms with Crippen LogP contribution in [0.3, 0.4) is 0 Å². The summed E-state index contributed by atoms with van der Waals surface area (Å²) in [7, 11) is 0. The molecule has 2 aliphatic rings. The fourth-order valence-electron chi connectivity index (χ4n) is 3.22. The summed E-state index contributed by atoms with van der Waals surface area (Å²) in [5, 5.41) is 13.5. The van der Waals surface area contributed by atoms with Gasteiger partial charge in [0.2, 0.25) is 0 Å². The molecule has 7 heteroatoms. The van der Waals surface area contributed by atoms with Crippen molar-refractivity contribution < 1.29 is 9.84 Å². The second-order valence-corrected chi connectivity index (χ2v) is 8.65. The number of guanidine groups is 1. The van der Waals surface area contributed by atoms with E-state index in [-0.39, 0.29) is 24.0 Å². The number of likely N-dealkylation sites (tertiary alicyclic amines) is 1. The summed E-state index contributed by atoms with van der Waals surface area (Å²) in [6, 6.07) is 10.6. The van der Waals surface area contributed by atoms with Crippen molar-refractivity contribution in [2.75, 3.05) is 45.1 Å². The highest BCUT2D eigenvalue weighted by atomic mass is 127. The second kappa shape index (κ2) is 12.9. The van der Waals surface area contributed by atoms with Crippen molar-refractivity contribution in [2.24, 2.45) is 16.8 Å². The number of aliphatic imine (C=N–C) groups is 1.